The van der Waals surface area contributed by atoms with E-state index in [-0.39, 0.29) is 12.2 Å². The van der Waals surface area contributed by atoms with Crippen LogP contribution in [0, 0.1) is 0 Å². The summed E-state index contributed by atoms with van der Waals surface area (Å²) in [5, 5.41) is 24.8. The molecular weight excluding hydrogens is 428 g/mol. The van der Waals surface area contributed by atoms with Gasteiger partial charge in [0.15, 0.2) is 0 Å². The lowest BCUT2D eigenvalue weighted by Crippen LogP contribution is -2.57. The molecule has 0 aliphatic carbocycles. The lowest BCUT2D eigenvalue weighted by atomic mass is 10.0. The molecule has 12 heteroatoms. The maximum absolute atomic E-state index is 12.7. The monoisotopic (exact) mass is 454 g/mol. The molecule has 4 atom stereocenters. The summed E-state index contributed by atoms with van der Waals surface area (Å²) in [6.45, 7) is 1.35. The molecule has 170 valence electrons. The molecule has 0 heterocycles. The molecule has 11 nitrogen and oxygen atoms in total. The summed E-state index contributed by atoms with van der Waals surface area (Å²) >= 11 is 3.85. The van der Waals surface area contributed by atoms with Gasteiger partial charge in [0.05, 0.1) is 12.5 Å². The normalized spacial score (nSPS) is 14.4. The molecule has 4 unspecified atom stereocenters. The molecule has 0 aliphatic heterocycles. The molecule has 1 aromatic carbocycles. The van der Waals surface area contributed by atoms with Crippen molar-refractivity contribution in [2.45, 2.75) is 43.9 Å². The summed E-state index contributed by atoms with van der Waals surface area (Å²) in [7, 11) is 0. The van der Waals surface area contributed by atoms with Crippen molar-refractivity contribution in [3.05, 3.63) is 35.9 Å². The Morgan fingerprint density at radius 3 is 2.03 bits per heavy atom. The third kappa shape index (κ3) is 9.05. The van der Waals surface area contributed by atoms with Crippen LogP contribution in [-0.2, 0) is 30.4 Å². The van der Waals surface area contributed by atoms with Crippen molar-refractivity contribution in [1.29, 1.82) is 0 Å². The third-order valence-corrected chi connectivity index (χ3v) is 4.56. The molecule has 0 aromatic heterocycles. The van der Waals surface area contributed by atoms with Crippen molar-refractivity contribution >= 4 is 42.3 Å². The number of rotatable bonds is 12. The quantitative estimate of drug-likeness (QED) is 0.186. The molecule has 7 N–H and O–H groups in total. The maximum Gasteiger partial charge on any atom is 0.327 e. The fraction of sp³-hybridized carbons (Fsp3) is 0.421. The Hall–Kier alpha value is -3.12. The van der Waals surface area contributed by atoms with E-state index in [4.69, 9.17) is 15.9 Å². The molecule has 0 saturated carbocycles. The van der Waals surface area contributed by atoms with Gasteiger partial charge in [0.2, 0.25) is 17.7 Å². The Balaban J connectivity index is 2.89. The van der Waals surface area contributed by atoms with Crippen LogP contribution in [-0.4, -0.2) is 69.8 Å². The van der Waals surface area contributed by atoms with E-state index in [0.29, 0.717) is 5.56 Å². The minimum Gasteiger partial charge on any atom is -0.481 e. The summed E-state index contributed by atoms with van der Waals surface area (Å²) in [4.78, 5) is 59.0. The highest BCUT2D eigenvalue weighted by Crippen LogP contribution is 2.05. The van der Waals surface area contributed by atoms with Gasteiger partial charge in [0.1, 0.15) is 18.1 Å². The summed E-state index contributed by atoms with van der Waals surface area (Å²) in [6, 6.07) is 3.84. The zero-order valence-corrected chi connectivity index (χ0v) is 17.7. The molecular formula is C19H26N4O7S. The van der Waals surface area contributed by atoms with Crippen LogP contribution in [0.4, 0.5) is 0 Å². The van der Waals surface area contributed by atoms with Crippen LogP contribution in [0.2, 0.25) is 0 Å². The van der Waals surface area contributed by atoms with Crippen LogP contribution in [0.15, 0.2) is 30.3 Å². The Labute approximate surface area is 184 Å². The second kappa shape index (κ2) is 12.5. The first-order valence-electron chi connectivity index (χ1n) is 9.31. The van der Waals surface area contributed by atoms with Crippen molar-refractivity contribution in [1.82, 2.24) is 16.0 Å². The van der Waals surface area contributed by atoms with Crippen molar-refractivity contribution in [3.63, 3.8) is 0 Å². The number of thiol groups is 1. The maximum atomic E-state index is 12.7. The van der Waals surface area contributed by atoms with Crippen molar-refractivity contribution in [3.8, 4) is 0 Å². The molecule has 0 aliphatic rings. The van der Waals surface area contributed by atoms with Crippen LogP contribution in [0.3, 0.4) is 0 Å². The van der Waals surface area contributed by atoms with E-state index >= 15 is 0 Å². The first-order chi connectivity index (χ1) is 14.5. The Morgan fingerprint density at radius 2 is 1.52 bits per heavy atom. The van der Waals surface area contributed by atoms with E-state index in [1.54, 1.807) is 30.3 Å². The predicted octanol–water partition coefficient (Wildman–Crippen LogP) is -1.48. The summed E-state index contributed by atoms with van der Waals surface area (Å²) in [6.07, 6.45) is -0.564. The molecule has 3 amide bonds. The van der Waals surface area contributed by atoms with Gasteiger partial charge in [0, 0.05) is 12.2 Å². The van der Waals surface area contributed by atoms with E-state index in [9.17, 15) is 24.0 Å². The standard InChI is InChI=1S/C19H26N4O7S/c1-10(16(26)23-14(9-31)19(29)30)21-18(28)13(7-11-5-3-2-4-6-11)22-17(27)12(20)8-15(24)25/h2-6,10,12-14,31H,7-9,20H2,1H3,(H,21,28)(H,22,27)(H,23,26)(H,24,25)(H,29,30). The molecule has 1 aromatic rings. The van der Waals surface area contributed by atoms with Crippen molar-refractivity contribution in [2.24, 2.45) is 5.73 Å². The number of nitrogens with two attached hydrogens (primary N) is 1. The highest BCUT2D eigenvalue weighted by Gasteiger charge is 2.28. The highest BCUT2D eigenvalue weighted by atomic mass is 32.1. The van der Waals surface area contributed by atoms with E-state index in [2.05, 4.69) is 28.6 Å². The van der Waals surface area contributed by atoms with Crippen molar-refractivity contribution < 1.29 is 34.2 Å². The molecule has 0 fully saturated rings. The van der Waals surface area contributed by atoms with Gasteiger partial charge in [-0.3, -0.25) is 19.2 Å². The number of hydrogen-bond acceptors (Lipinski definition) is 7. The van der Waals surface area contributed by atoms with Gasteiger partial charge in [-0.25, -0.2) is 4.79 Å². The van der Waals surface area contributed by atoms with Crippen LogP contribution in [0.1, 0.15) is 18.9 Å². The SMILES string of the molecule is CC(NC(=O)C(Cc1ccccc1)NC(=O)C(N)CC(=O)O)C(=O)NC(CS)C(=O)O. The minimum absolute atomic E-state index is 0.0565. The fourth-order valence-corrected chi connectivity index (χ4v) is 2.73. The summed E-state index contributed by atoms with van der Waals surface area (Å²) < 4.78 is 0. The molecule has 31 heavy (non-hydrogen) atoms. The van der Waals surface area contributed by atoms with E-state index in [0.717, 1.165) is 0 Å². The number of carbonyl (C=O) groups is 5. The average molecular weight is 455 g/mol. The van der Waals surface area contributed by atoms with E-state index in [1.807, 2.05) is 0 Å². The van der Waals surface area contributed by atoms with E-state index < -0.39 is 60.2 Å². The Morgan fingerprint density at radius 1 is 0.935 bits per heavy atom. The van der Waals surface area contributed by atoms with Gasteiger partial charge in [-0.2, -0.15) is 12.6 Å². The number of carboxylic acids is 2. The lowest BCUT2D eigenvalue weighted by molar-refractivity contribution is -0.141. The summed E-state index contributed by atoms with van der Waals surface area (Å²) in [5.74, 6) is -4.99. The average Bonchev–Trinajstić information content (AvgIpc) is 2.70. The van der Waals surface area contributed by atoms with Gasteiger partial charge >= 0.3 is 11.9 Å². The zero-order valence-electron chi connectivity index (χ0n) is 16.8. The van der Waals surface area contributed by atoms with E-state index in [1.165, 1.54) is 6.92 Å². The topological polar surface area (TPSA) is 188 Å². The first kappa shape index (κ1) is 25.9. The largest absolute Gasteiger partial charge is 0.481 e. The zero-order chi connectivity index (χ0) is 23.6. The Kier molecular flexibility index (Phi) is 10.5. The third-order valence-electron chi connectivity index (χ3n) is 4.20. The first-order valence-corrected chi connectivity index (χ1v) is 9.94. The molecule has 0 bridgehead atoms. The number of benzene rings is 1. The summed E-state index contributed by atoms with van der Waals surface area (Å²) in [5.41, 5.74) is 6.26. The van der Waals surface area contributed by atoms with Crippen LogP contribution in [0.5, 0.6) is 0 Å². The minimum atomic E-state index is -1.36. The fourth-order valence-electron chi connectivity index (χ4n) is 2.48. The van der Waals surface area contributed by atoms with Crippen LogP contribution >= 0.6 is 12.6 Å². The second-order valence-corrected chi connectivity index (χ2v) is 7.13. The number of amides is 3. The predicted molar refractivity (Wildman–Crippen MR) is 113 cm³/mol. The smallest absolute Gasteiger partial charge is 0.327 e. The van der Waals surface area contributed by atoms with Crippen molar-refractivity contribution in [2.75, 3.05) is 5.75 Å². The molecule has 0 spiro atoms. The number of hydrogen-bond donors (Lipinski definition) is 7. The van der Waals surface area contributed by atoms with Crippen LogP contribution < -0.4 is 21.7 Å². The lowest BCUT2D eigenvalue weighted by Gasteiger charge is -2.23. The molecule has 1 rings (SSSR count). The van der Waals surface area contributed by atoms with Gasteiger partial charge in [-0.1, -0.05) is 30.3 Å². The number of nitrogens with one attached hydrogen (secondary N) is 3. The second-order valence-electron chi connectivity index (χ2n) is 6.77. The van der Waals surface area contributed by atoms with Gasteiger partial charge in [-0.05, 0) is 12.5 Å². The number of carbonyl (C=O) groups excluding carboxylic acids is 3. The van der Waals surface area contributed by atoms with Gasteiger partial charge < -0.3 is 31.9 Å². The van der Waals surface area contributed by atoms with Crippen LogP contribution in [0.25, 0.3) is 0 Å². The highest BCUT2D eigenvalue weighted by molar-refractivity contribution is 7.80. The van der Waals surface area contributed by atoms with Gasteiger partial charge in [0.25, 0.3) is 0 Å². The molecule has 0 saturated heterocycles. The molecule has 0 radical (unpaired) electrons. The Bertz CT molecular complexity index is 806. The number of carboxylic acid groups (broad SMARTS) is 2. The van der Waals surface area contributed by atoms with Gasteiger partial charge in [-0.15, -0.1) is 0 Å². The number of aliphatic carboxylic acids is 2.